The molecule has 0 atom stereocenters. The van der Waals surface area contributed by atoms with Gasteiger partial charge in [0.2, 0.25) is 0 Å². The van der Waals surface area contributed by atoms with E-state index in [0.29, 0.717) is 39.4 Å². The molecule has 0 radical (unpaired) electrons. The summed E-state index contributed by atoms with van der Waals surface area (Å²) in [6.45, 7) is 0.134. The Morgan fingerprint density at radius 2 is 1.71 bits per heavy atom. The van der Waals surface area contributed by atoms with Crippen molar-refractivity contribution in [3.8, 4) is 5.75 Å². The highest BCUT2D eigenvalue weighted by Gasteiger charge is 2.48. The Labute approximate surface area is 174 Å². The largest absolute Gasteiger partial charge is 0.468 e. The minimum atomic E-state index is -0.0907. The van der Waals surface area contributed by atoms with Gasteiger partial charge >= 0.3 is 0 Å². The number of carbonyl (C=O) groups is 1. The standard InChI is InChI=1S/C21H23Cl2N3O2/c22-16-2-1-3-17(23)20(16)28-11-26-5-4-18(25-26)21(27)24-19-14-7-12-6-13(9-14)10-15(19)8-12/h1-5,12-15,19H,6-11H2,(H,24,27). The SMILES string of the molecule is O=C(NC1C2CC3CC(C2)CC1C3)c1ccn(COc2c(Cl)cccc2Cl)n1. The third-order valence-electron chi connectivity index (χ3n) is 6.66. The summed E-state index contributed by atoms with van der Waals surface area (Å²) in [4.78, 5) is 12.8. The average molecular weight is 420 g/mol. The van der Waals surface area contributed by atoms with Gasteiger partial charge in [-0.15, -0.1) is 0 Å². The number of amides is 1. The lowest BCUT2D eigenvalue weighted by molar-refractivity contribution is -0.0120. The van der Waals surface area contributed by atoms with Gasteiger partial charge in [-0.05, 0) is 74.0 Å². The molecular weight excluding hydrogens is 397 g/mol. The minimum Gasteiger partial charge on any atom is -0.468 e. The van der Waals surface area contributed by atoms with Crippen molar-refractivity contribution >= 4 is 29.1 Å². The summed E-state index contributed by atoms with van der Waals surface area (Å²) in [5.74, 6) is 3.40. The number of ether oxygens (including phenoxy) is 1. The van der Waals surface area contributed by atoms with Crippen LogP contribution in [0, 0.1) is 23.7 Å². The lowest BCUT2D eigenvalue weighted by atomic mass is 9.54. The maximum Gasteiger partial charge on any atom is 0.272 e. The normalized spacial score (nSPS) is 30.4. The Bertz CT molecular complexity index is 849. The van der Waals surface area contributed by atoms with Crippen LogP contribution in [0.5, 0.6) is 5.75 Å². The van der Waals surface area contributed by atoms with Crippen LogP contribution in [0.15, 0.2) is 30.5 Å². The summed E-state index contributed by atoms with van der Waals surface area (Å²) in [5.41, 5.74) is 0.419. The Kier molecular flexibility index (Phi) is 4.76. The Morgan fingerprint density at radius 1 is 1.07 bits per heavy atom. The summed E-state index contributed by atoms with van der Waals surface area (Å²) in [5, 5.41) is 8.53. The fourth-order valence-electron chi connectivity index (χ4n) is 5.69. The maximum absolute atomic E-state index is 12.8. The lowest BCUT2D eigenvalue weighted by Crippen LogP contribution is -2.55. The van der Waals surface area contributed by atoms with E-state index in [4.69, 9.17) is 27.9 Å². The molecular formula is C21H23Cl2N3O2. The van der Waals surface area contributed by atoms with Gasteiger partial charge in [0, 0.05) is 12.2 Å². The number of nitrogens with one attached hydrogen (secondary N) is 1. The first-order valence-electron chi connectivity index (χ1n) is 9.98. The van der Waals surface area contributed by atoms with E-state index in [0.717, 1.165) is 11.8 Å². The first kappa shape index (κ1) is 18.3. The molecule has 1 aromatic carbocycles. The molecule has 0 unspecified atom stereocenters. The van der Waals surface area contributed by atoms with Crippen LogP contribution < -0.4 is 10.1 Å². The van der Waals surface area contributed by atoms with Crippen molar-refractivity contribution in [1.29, 1.82) is 0 Å². The van der Waals surface area contributed by atoms with Crippen molar-refractivity contribution in [3.63, 3.8) is 0 Å². The van der Waals surface area contributed by atoms with Gasteiger partial charge in [0.25, 0.3) is 5.91 Å². The molecule has 4 bridgehead atoms. The van der Waals surface area contributed by atoms with Crippen LogP contribution in [0.1, 0.15) is 42.6 Å². The van der Waals surface area contributed by atoms with Crippen molar-refractivity contribution in [2.75, 3.05) is 0 Å². The molecule has 1 amide bonds. The molecule has 6 rings (SSSR count). The highest BCUT2D eigenvalue weighted by atomic mass is 35.5. The Balaban J connectivity index is 1.22. The lowest BCUT2D eigenvalue weighted by Gasteiger charge is -2.54. The number of halogens is 2. The predicted octanol–water partition coefficient (Wildman–Crippen LogP) is 4.78. The van der Waals surface area contributed by atoms with Gasteiger partial charge in [-0.2, -0.15) is 5.10 Å². The van der Waals surface area contributed by atoms with Crippen molar-refractivity contribution in [2.45, 2.75) is 44.9 Å². The first-order valence-corrected chi connectivity index (χ1v) is 10.7. The number of rotatable bonds is 5. The zero-order valence-electron chi connectivity index (χ0n) is 15.5. The van der Waals surface area contributed by atoms with E-state index in [1.807, 2.05) is 0 Å². The molecule has 2 aromatic rings. The Morgan fingerprint density at radius 3 is 2.36 bits per heavy atom. The average Bonchev–Trinajstić information content (AvgIpc) is 3.13. The zero-order valence-corrected chi connectivity index (χ0v) is 17.0. The predicted molar refractivity (Wildman–Crippen MR) is 108 cm³/mol. The van der Waals surface area contributed by atoms with Gasteiger partial charge in [0.15, 0.2) is 12.5 Å². The van der Waals surface area contributed by atoms with E-state index in [1.165, 1.54) is 32.1 Å². The van der Waals surface area contributed by atoms with E-state index >= 15 is 0 Å². The molecule has 1 N–H and O–H groups in total. The third kappa shape index (κ3) is 3.39. The summed E-state index contributed by atoms with van der Waals surface area (Å²) >= 11 is 12.2. The van der Waals surface area contributed by atoms with Crippen LogP contribution in [0.25, 0.3) is 0 Å². The number of para-hydroxylation sites is 1. The first-order chi connectivity index (χ1) is 13.6. The molecule has 4 aliphatic carbocycles. The Hall–Kier alpha value is -1.72. The summed E-state index contributed by atoms with van der Waals surface area (Å²) in [7, 11) is 0. The molecule has 28 heavy (non-hydrogen) atoms. The maximum atomic E-state index is 12.8. The topological polar surface area (TPSA) is 56.2 Å². The fourth-order valence-corrected chi connectivity index (χ4v) is 6.20. The zero-order chi connectivity index (χ0) is 19.3. The number of benzene rings is 1. The van der Waals surface area contributed by atoms with E-state index in [-0.39, 0.29) is 12.6 Å². The molecule has 4 saturated carbocycles. The van der Waals surface area contributed by atoms with E-state index in [1.54, 1.807) is 35.1 Å². The summed E-state index contributed by atoms with van der Waals surface area (Å²) < 4.78 is 7.25. The van der Waals surface area contributed by atoms with E-state index < -0.39 is 0 Å². The molecule has 0 spiro atoms. The summed E-state index contributed by atoms with van der Waals surface area (Å²) in [6, 6.07) is 7.23. The van der Waals surface area contributed by atoms with E-state index in [9.17, 15) is 4.79 Å². The highest BCUT2D eigenvalue weighted by Crippen LogP contribution is 2.53. The van der Waals surface area contributed by atoms with Crippen LogP contribution in [0.4, 0.5) is 0 Å². The van der Waals surface area contributed by atoms with Crippen molar-refractivity contribution < 1.29 is 9.53 Å². The molecule has 0 aliphatic heterocycles. The molecule has 4 fully saturated rings. The van der Waals surface area contributed by atoms with Gasteiger partial charge in [-0.3, -0.25) is 4.79 Å². The van der Waals surface area contributed by atoms with Crippen LogP contribution in [0.3, 0.4) is 0 Å². The molecule has 5 nitrogen and oxygen atoms in total. The third-order valence-corrected chi connectivity index (χ3v) is 7.25. The monoisotopic (exact) mass is 419 g/mol. The quantitative estimate of drug-likeness (QED) is 0.758. The second-order valence-electron chi connectivity index (χ2n) is 8.49. The fraction of sp³-hybridized carbons (Fsp3) is 0.524. The van der Waals surface area contributed by atoms with Crippen LogP contribution in [0.2, 0.25) is 10.0 Å². The second kappa shape index (κ2) is 7.27. The van der Waals surface area contributed by atoms with Crippen LogP contribution in [-0.2, 0) is 6.73 Å². The van der Waals surface area contributed by atoms with Crippen molar-refractivity contribution in [3.05, 3.63) is 46.2 Å². The molecule has 4 aliphatic rings. The molecule has 1 heterocycles. The molecule has 148 valence electrons. The van der Waals surface area contributed by atoms with Crippen molar-refractivity contribution in [1.82, 2.24) is 15.1 Å². The number of aromatic nitrogens is 2. The van der Waals surface area contributed by atoms with E-state index in [2.05, 4.69) is 10.4 Å². The van der Waals surface area contributed by atoms with Crippen LogP contribution in [-0.4, -0.2) is 21.7 Å². The number of nitrogens with zero attached hydrogens (tertiary/aromatic N) is 2. The van der Waals surface area contributed by atoms with Gasteiger partial charge in [-0.25, -0.2) is 4.68 Å². The molecule has 0 saturated heterocycles. The highest BCUT2D eigenvalue weighted by molar-refractivity contribution is 6.37. The van der Waals surface area contributed by atoms with Crippen LogP contribution >= 0.6 is 23.2 Å². The molecule has 1 aromatic heterocycles. The second-order valence-corrected chi connectivity index (χ2v) is 9.31. The number of hydrogen-bond donors (Lipinski definition) is 1. The van der Waals surface area contributed by atoms with Gasteiger partial charge in [-0.1, -0.05) is 29.3 Å². The summed E-state index contributed by atoms with van der Waals surface area (Å²) in [6.07, 6.45) is 8.25. The van der Waals surface area contributed by atoms with Gasteiger partial charge in [0.05, 0.1) is 10.0 Å². The minimum absolute atomic E-state index is 0.0907. The molecule has 7 heteroatoms. The smallest absolute Gasteiger partial charge is 0.272 e. The number of carbonyl (C=O) groups excluding carboxylic acids is 1. The number of hydrogen-bond acceptors (Lipinski definition) is 3. The van der Waals surface area contributed by atoms with Gasteiger partial charge < -0.3 is 10.1 Å². The van der Waals surface area contributed by atoms with Crippen molar-refractivity contribution in [2.24, 2.45) is 23.7 Å². The van der Waals surface area contributed by atoms with Gasteiger partial charge in [0.1, 0.15) is 5.69 Å².